The van der Waals surface area contributed by atoms with E-state index in [1.54, 1.807) is 17.3 Å². The number of amides is 2. The molecule has 1 aromatic carbocycles. The summed E-state index contributed by atoms with van der Waals surface area (Å²) in [6.07, 6.45) is 3.68. The minimum absolute atomic E-state index is 0.00104. The molecular weight excluding hydrogens is 366 g/mol. The van der Waals surface area contributed by atoms with Gasteiger partial charge in [0.15, 0.2) is 0 Å². The summed E-state index contributed by atoms with van der Waals surface area (Å²) in [5.74, 6) is -0.408. The van der Waals surface area contributed by atoms with Gasteiger partial charge < -0.3 is 20.0 Å². The number of carbonyl (C=O) groups excluding carboxylic acids is 2. The SMILES string of the molecule is CN1CCN(c2ccc(N3CC(C(=O)NCc4cccnc4)CC3=O)cc2)CC1. The van der Waals surface area contributed by atoms with Crippen molar-refractivity contribution in [1.29, 1.82) is 0 Å². The zero-order valence-corrected chi connectivity index (χ0v) is 16.8. The van der Waals surface area contributed by atoms with E-state index in [1.165, 1.54) is 5.69 Å². The molecule has 1 atom stereocenters. The smallest absolute Gasteiger partial charge is 0.227 e. The predicted molar refractivity (Wildman–Crippen MR) is 113 cm³/mol. The number of nitrogens with zero attached hydrogens (tertiary/aromatic N) is 4. The number of carbonyl (C=O) groups is 2. The van der Waals surface area contributed by atoms with Crippen LogP contribution in [-0.4, -0.2) is 61.5 Å². The van der Waals surface area contributed by atoms with Gasteiger partial charge in [-0.15, -0.1) is 0 Å². The first-order chi connectivity index (χ1) is 14.1. The van der Waals surface area contributed by atoms with Gasteiger partial charge in [-0.25, -0.2) is 0 Å². The highest BCUT2D eigenvalue weighted by atomic mass is 16.2. The molecule has 0 aliphatic carbocycles. The summed E-state index contributed by atoms with van der Waals surface area (Å²) < 4.78 is 0. The molecule has 2 amide bonds. The van der Waals surface area contributed by atoms with Crippen LogP contribution in [-0.2, 0) is 16.1 Å². The Labute approximate surface area is 171 Å². The second-order valence-electron chi connectivity index (χ2n) is 7.79. The zero-order chi connectivity index (χ0) is 20.2. The van der Waals surface area contributed by atoms with E-state index >= 15 is 0 Å². The number of pyridine rings is 1. The molecule has 1 N–H and O–H groups in total. The molecule has 0 saturated carbocycles. The molecule has 0 radical (unpaired) electrons. The van der Waals surface area contributed by atoms with Crippen LogP contribution in [0.25, 0.3) is 0 Å². The van der Waals surface area contributed by atoms with Gasteiger partial charge in [-0.1, -0.05) is 6.07 Å². The van der Waals surface area contributed by atoms with E-state index < -0.39 is 0 Å². The lowest BCUT2D eigenvalue weighted by atomic mass is 10.1. The third-order valence-electron chi connectivity index (χ3n) is 5.72. The molecule has 0 bridgehead atoms. The average Bonchev–Trinajstić information content (AvgIpc) is 3.15. The van der Waals surface area contributed by atoms with Crippen molar-refractivity contribution in [2.75, 3.05) is 49.6 Å². The normalized spacial score (nSPS) is 20.2. The molecule has 3 heterocycles. The number of anilines is 2. The Morgan fingerprint density at radius 1 is 1.10 bits per heavy atom. The Kier molecular flexibility index (Phi) is 5.76. The summed E-state index contributed by atoms with van der Waals surface area (Å²) >= 11 is 0. The van der Waals surface area contributed by atoms with Gasteiger partial charge in [-0.05, 0) is 42.9 Å². The average molecular weight is 393 g/mol. The van der Waals surface area contributed by atoms with Crippen LogP contribution in [0.4, 0.5) is 11.4 Å². The fraction of sp³-hybridized carbons (Fsp3) is 0.409. The van der Waals surface area contributed by atoms with Crippen molar-refractivity contribution in [3.05, 3.63) is 54.4 Å². The van der Waals surface area contributed by atoms with E-state index in [9.17, 15) is 9.59 Å². The minimum atomic E-state index is -0.323. The summed E-state index contributed by atoms with van der Waals surface area (Å²) in [6, 6.07) is 11.9. The van der Waals surface area contributed by atoms with Crippen molar-refractivity contribution < 1.29 is 9.59 Å². The van der Waals surface area contributed by atoms with Crippen molar-refractivity contribution in [1.82, 2.24) is 15.2 Å². The van der Waals surface area contributed by atoms with Gasteiger partial charge in [0, 0.05) is 69.5 Å². The van der Waals surface area contributed by atoms with Crippen LogP contribution in [0.3, 0.4) is 0 Å². The van der Waals surface area contributed by atoms with Crippen LogP contribution >= 0.6 is 0 Å². The van der Waals surface area contributed by atoms with Gasteiger partial charge in [-0.3, -0.25) is 14.6 Å². The first kappa shape index (κ1) is 19.4. The summed E-state index contributed by atoms with van der Waals surface area (Å²) in [5.41, 5.74) is 2.98. The second-order valence-corrected chi connectivity index (χ2v) is 7.79. The molecule has 1 unspecified atom stereocenters. The zero-order valence-electron chi connectivity index (χ0n) is 16.8. The lowest BCUT2D eigenvalue weighted by Crippen LogP contribution is -2.44. The first-order valence-corrected chi connectivity index (χ1v) is 10.1. The summed E-state index contributed by atoms with van der Waals surface area (Å²) in [6.45, 7) is 4.99. The molecule has 0 spiro atoms. The molecule has 29 heavy (non-hydrogen) atoms. The number of benzene rings is 1. The lowest BCUT2D eigenvalue weighted by molar-refractivity contribution is -0.126. The number of aromatic nitrogens is 1. The molecule has 7 heteroatoms. The van der Waals surface area contributed by atoms with E-state index in [4.69, 9.17) is 0 Å². The van der Waals surface area contributed by atoms with Crippen LogP contribution in [0, 0.1) is 5.92 Å². The Morgan fingerprint density at radius 3 is 2.52 bits per heavy atom. The number of rotatable bonds is 5. The fourth-order valence-electron chi connectivity index (χ4n) is 3.88. The second kappa shape index (κ2) is 8.61. The molecule has 2 aromatic rings. The summed E-state index contributed by atoms with van der Waals surface area (Å²) in [4.78, 5) is 35.5. The fourth-order valence-corrected chi connectivity index (χ4v) is 3.88. The molecule has 7 nitrogen and oxygen atoms in total. The topological polar surface area (TPSA) is 68.8 Å². The lowest BCUT2D eigenvalue weighted by Gasteiger charge is -2.34. The van der Waals surface area contributed by atoms with E-state index in [0.717, 1.165) is 37.4 Å². The summed E-state index contributed by atoms with van der Waals surface area (Å²) in [7, 11) is 2.14. The molecule has 2 fully saturated rings. The number of nitrogens with one attached hydrogen (secondary N) is 1. The number of piperazine rings is 1. The maximum absolute atomic E-state index is 12.5. The summed E-state index contributed by atoms with van der Waals surface area (Å²) in [5, 5.41) is 2.92. The molecule has 2 saturated heterocycles. The van der Waals surface area contributed by atoms with Crippen molar-refractivity contribution in [3.63, 3.8) is 0 Å². The van der Waals surface area contributed by atoms with E-state index in [1.807, 2.05) is 24.3 Å². The van der Waals surface area contributed by atoms with Gasteiger partial charge in [0.05, 0.1) is 5.92 Å². The maximum atomic E-state index is 12.5. The van der Waals surface area contributed by atoms with E-state index in [-0.39, 0.29) is 24.2 Å². The Balaban J connectivity index is 1.34. The van der Waals surface area contributed by atoms with Crippen molar-refractivity contribution >= 4 is 23.2 Å². The molecule has 2 aliphatic rings. The van der Waals surface area contributed by atoms with Crippen LogP contribution in [0.1, 0.15) is 12.0 Å². The van der Waals surface area contributed by atoms with Crippen LogP contribution in [0.5, 0.6) is 0 Å². The number of hydrogen-bond acceptors (Lipinski definition) is 5. The van der Waals surface area contributed by atoms with Gasteiger partial charge >= 0.3 is 0 Å². The van der Waals surface area contributed by atoms with Gasteiger partial charge in [0.2, 0.25) is 11.8 Å². The van der Waals surface area contributed by atoms with Gasteiger partial charge in [0.25, 0.3) is 0 Å². The van der Waals surface area contributed by atoms with Crippen LogP contribution in [0.15, 0.2) is 48.8 Å². The Morgan fingerprint density at radius 2 is 1.83 bits per heavy atom. The largest absolute Gasteiger partial charge is 0.369 e. The molecule has 152 valence electrons. The van der Waals surface area contributed by atoms with Gasteiger partial charge in [0.1, 0.15) is 0 Å². The molecule has 4 rings (SSSR count). The Bertz CT molecular complexity index is 847. The highest BCUT2D eigenvalue weighted by molar-refractivity contribution is 6.00. The third-order valence-corrected chi connectivity index (χ3v) is 5.72. The Hall–Kier alpha value is -2.93. The highest BCUT2D eigenvalue weighted by Gasteiger charge is 2.35. The molecule has 2 aliphatic heterocycles. The van der Waals surface area contributed by atoms with Crippen molar-refractivity contribution in [2.24, 2.45) is 5.92 Å². The monoisotopic (exact) mass is 393 g/mol. The van der Waals surface area contributed by atoms with Crippen molar-refractivity contribution in [2.45, 2.75) is 13.0 Å². The van der Waals surface area contributed by atoms with Crippen molar-refractivity contribution in [3.8, 4) is 0 Å². The molecule has 1 aromatic heterocycles. The highest BCUT2D eigenvalue weighted by Crippen LogP contribution is 2.27. The maximum Gasteiger partial charge on any atom is 0.227 e. The van der Waals surface area contributed by atoms with Crippen LogP contribution < -0.4 is 15.1 Å². The third kappa shape index (κ3) is 4.56. The first-order valence-electron chi connectivity index (χ1n) is 10.1. The van der Waals surface area contributed by atoms with Gasteiger partial charge in [-0.2, -0.15) is 0 Å². The van der Waals surface area contributed by atoms with Crippen LogP contribution in [0.2, 0.25) is 0 Å². The minimum Gasteiger partial charge on any atom is -0.369 e. The van der Waals surface area contributed by atoms with E-state index in [2.05, 4.69) is 39.3 Å². The standard InChI is InChI=1S/C22H27N5O2/c1-25-9-11-26(12-10-25)19-4-6-20(7-5-19)27-16-18(13-21(27)28)22(29)24-15-17-3-2-8-23-14-17/h2-8,14,18H,9-13,15-16H2,1H3,(H,24,29). The number of hydrogen-bond donors (Lipinski definition) is 1. The van der Waals surface area contributed by atoms with E-state index in [0.29, 0.717) is 13.1 Å². The number of likely N-dealkylation sites (N-methyl/N-ethyl adjacent to an activating group) is 1. The molecular formula is C22H27N5O2. The quantitative estimate of drug-likeness (QED) is 0.834. The predicted octanol–water partition coefficient (Wildman–Crippen LogP) is 1.50.